The molecule has 2 aliphatic heterocycles. The highest BCUT2D eigenvalue weighted by atomic mass is 16.6. The molecule has 1 saturated heterocycles. The molecule has 0 aliphatic carbocycles. The van der Waals surface area contributed by atoms with Gasteiger partial charge < -0.3 is 19.5 Å². The topological polar surface area (TPSA) is 59.0 Å². The van der Waals surface area contributed by atoms with Gasteiger partial charge in [-0.15, -0.1) is 0 Å². The number of rotatable bonds is 1. The number of fused-ring (bicyclic) bond motifs is 1. The van der Waals surface area contributed by atoms with E-state index in [1.165, 1.54) is 6.26 Å². The van der Waals surface area contributed by atoms with Crippen LogP contribution in [0.25, 0.3) is 0 Å². The molecule has 130 valence electrons. The summed E-state index contributed by atoms with van der Waals surface area (Å²) in [6, 6.07) is 3.30. The van der Waals surface area contributed by atoms with Crippen LogP contribution in [0.5, 0.6) is 17.2 Å². The van der Waals surface area contributed by atoms with Crippen molar-refractivity contribution < 1.29 is 19.4 Å². The van der Waals surface area contributed by atoms with Crippen LogP contribution in [0, 0.1) is 0 Å². The van der Waals surface area contributed by atoms with Gasteiger partial charge in [-0.3, -0.25) is 4.79 Å². The van der Waals surface area contributed by atoms with Gasteiger partial charge in [0.1, 0.15) is 12.0 Å². The molecule has 1 fully saturated rings. The Morgan fingerprint density at radius 2 is 1.75 bits per heavy atom. The molecule has 0 unspecified atom stereocenters. The van der Waals surface area contributed by atoms with Crippen LogP contribution in [-0.4, -0.2) is 29.0 Å². The molecular weight excluding hydrogens is 306 g/mol. The predicted octanol–water partition coefficient (Wildman–Crippen LogP) is 3.70. The Bertz CT molecular complexity index is 665. The number of ether oxygens (including phenoxy) is 2. The van der Waals surface area contributed by atoms with Crippen molar-refractivity contribution in [3.05, 3.63) is 29.7 Å². The number of amides is 1. The first kappa shape index (κ1) is 16.7. The molecule has 0 saturated carbocycles. The number of nitrogens with zero attached hydrogens (tertiary/aromatic N) is 1. The van der Waals surface area contributed by atoms with E-state index in [1.54, 1.807) is 12.1 Å². The normalized spacial score (nSPS) is 18.0. The average molecular weight is 331 g/mol. The second-order valence-electron chi connectivity index (χ2n) is 7.47. The maximum atomic E-state index is 12.7. The molecule has 3 rings (SSSR count). The van der Waals surface area contributed by atoms with Crippen LogP contribution in [-0.2, 0) is 10.2 Å². The molecule has 2 aliphatic rings. The van der Waals surface area contributed by atoms with E-state index in [1.807, 2.05) is 25.7 Å². The smallest absolute Gasteiger partial charge is 0.292 e. The molecule has 0 bridgehead atoms. The lowest BCUT2D eigenvalue weighted by Gasteiger charge is -2.26. The molecule has 1 N–H and O–H groups in total. The first-order valence-electron chi connectivity index (χ1n) is 8.58. The van der Waals surface area contributed by atoms with E-state index >= 15 is 0 Å². The number of phenolic OH excluding ortho intramolecular Hbond substituents is 1. The molecule has 2 heterocycles. The van der Waals surface area contributed by atoms with Gasteiger partial charge in [-0.1, -0.05) is 33.6 Å². The zero-order valence-electron chi connectivity index (χ0n) is 14.6. The van der Waals surface area contributed by atoms with Crippen LogP contribution in [0.4, 0.5) is 0 Å². The van der Waals surface area contributed by atoms with Gasteiger partial charge in [0, 0.05) is 24.7 Å². The number of hydrogen-bond acceptors (Lipinski definition) is 4. The van der Waals surface area contributed by atoms with Gasteiger partial charge in [-0.2, -0.15) is 0 Å². The maximum absolute atomic E-state index is 12.7. The zero-order chi connectivity index (χ0) is 17.3. The third kappa shape index (κ3) is 3.35. The van der Waals surface area contributed by atoms with Gasteiger partial charge in [0.05, 0.1) is 0 Å². The van der Waals surface area contributed by atoms with Crippen molar-refractivity contribution in [2.24, 2.45) is 0 Å². The Balaban J connectivity index is 1.82. The van der Waals surface area contributed by atoms with Crippen molar-refractivity contribution in [3.63, 3.8) is 0 Å². The standard InChI is InChI=1S/C19H25NO4/c1-19(2,3)13-10-16-15(11-14(13)21)23-12-17(24-16)18(22)20-8-6-4-5-7-9-20/h10-12,21H,4-9H2,1-3H3. The second kappa shape index (κ2) is 6.38. The van der Waals surface area contributed by atoms with Crippen molar-refractivity contribution in [3.8, 4) is 17.2 Å². The van der Waals surface area contributed by atoms with Crippen molar-refractivity contribution in [2.45, 2.75) is 51.9 Å². The van der Waals surface area contributed by atoms with Crippen molar-refractivity contribution >= 4 is 5.91 Å². The van der Waals surface area contributed by atoms with Gasteiger partial charge >= 0.3 is 0 Å². The number of carbonyl (C=O) groups excluding carboxylic acids is 1. The Morgan fingerprint density at radius 3 is 2.38 bits per heavy atom. The van der Waals surface area contributed by atoms with Crippen LogP contribution < -0.4 is 9.47 Å². The third-order valence-corrected chi connectivity index (χ3v) is 4.49. The molecule has 0 radical (unpaired) electrons. The molecule has 1 aromatic carbocycles. The highest BCUT2D eigenvalue weighted by Crippen LogP contribution is 2.42. The maximum Gasteiger partial charge on any atom is 0.292 e. The fraction of sp³-hybridized carbons (Fsp3) is 0.526. The fourth-order valence-corrected chi connectivity index (χ4v) is 3.10. The van der Waals surface area contributed by atoms with Crippen molar-refractivity contribution in [2.75, 3.05) is 13.1 Å². The minimum Gasteiger partial charge on any atom is -0.508 e. The number of hydrogen-bond donors (Lipinski definition) is 1. The number of carbonyl (C=O) groups is 1. The summed E-state index contributed by atoms with van der Waals surface area (Å²) in [5.74, 6) is 1.13. The van der Waals surface area contributed by atoms with E-state index in [0.29, 0.717) is 11.5 Å². The molecule has 1 amide bonds. The lowest BCUT2D eigenvalue weighted by atomic mass is 9.86. The highest BCUT2D eigenvalue weighted by molar-refractivity contribution is 5.92. The fourth-order valence-electron chi connectivity index (χ4n) is 3.10. The Morgan fingerprint density at radius 1 is 1.08 bits per heavy atom. The van der Waals surface area contributed by atoms with E-state index in [2.05, 4.69) is 0 Å². The van der Waals surface area contributed by atoms with Gasteiger partial charge in [0.25, 0.3) is 5.91 Å². The van der Waals surface area contributed by atoms with Gasteiger partial charge in [-0.05, 0) is 24.3 Å². The Kier molecular flexibility index (Phi) is 4.43. The van der Waals surface area contributed by atoms with Crippen LogP contribution >= 0.6 is 0 Å². The number of likely N-dealkylation sites (tertiary alicyclic amines) is 1. The predicted molar refractivity (Wildman–Crippen MR) is 91.2 cm³/mol. The Hall–Kier alpha value is -2.17. The molecule has 5 nitrogen and oxygen atoms in total. The molecule has 0 atom stereocenters. The molecule has 1 aromatic rings. The second-order valence-corrected chi connectivity index (χ2v) is 7.47. The van der Waals surface area contributed by atoms with Crippen molar-refractivity contribution in [1.29, 1.82) is 0 Å². The summed E-state index contributed by atoms with van der Waals surface area (Å²) in [5, 5.41) is 10.2. The van der Waals surface area contributed by atoms with Gasteiger partial charge in [-0.25, -0.2) is 0 Å². The minimum atomic E-state index is -0.238. The van der Waals surface area contributed by atoms with E-state index < -0.39 is 0 Å². The minimum absolute atomic E-state index is 0.132. The van der Waals surface area contributed by atoms with Gasteiger partial charge in [0.2, 0.25) is 5.76 Å². The van der Waals surface area contributed by atoms with E-state index in [4.69, 9.17) is 9.47 Å². The highest BCUT2D eigenvalue weighted by Gasteiger charge is 2.28. The molecule has 0 spiro atoms. The van der Waals surface area contributed by atoms with Crippen LogP contribution in [0.1, 0.15) is 52.0 Å². The first-order chi connectivity index (χ1) is 11.4. The molecular formula is C19H25NO4. The van der Waals surface area contributed by atoms with E-state index in [0.717, 1.165) is 44.3 Å². The number of aromatic hydroxyl groups is 1. The molecule has 5 heteroatoms. The van der Waals surface area contributed by atoms with Crippen LogP contribution in [0.2, 0.25) is 0 Å². The largest absolute Gasteiger partial charge is 0.508 e. The summed E-state index contributed by atoms with van der Waals surface area (Å²) >= 11 is 0. The summed E-state index contributed by atoms with van der Waals surface area (Å²) in [7, 11) is 0. The summed E-state index contributed by atoms with van der Waals surface area (Å²) in [5.41, 5.74) is 0.520. The third-order valence-electron chi connectivity index (χ3n) is 4.49. The SMILES string of the molecule is CC(C)(C)c1cc2c(cc1O)OC=C(C(=O)N1CCCCCC1)O2. The molecule has 24 heavy (non-hydrogen) atoms. The zero-order valence-corrected chi connectivity index (χ0v) is 14.6. The van der Waals surface area contributed by atoms with Crippen molar-refractivity contribution in [1.82, 2.24) is 4.90 Å². The van der Waals surface area contributed by atoms with E-state index in [-0.39, 0.29) is 22.8 Å². The van der Waals surface area contributed by atoms with Crippen LogP contribution in [0.3, 0.4) is 0 Å². The summed E-state index contributed by atoms with van der Waals surface area (Å²) in [4.78, 5) is 14.5. The summed E-state index contributed by atoms with van der Waals surface area (Å²) < 4.78 is 11.3. The van der Waals surface area contributed by atoms with Crippen LogP contribution in [0.15, 0.2) is 24.2 Å². The average Bonchev–Trinajstić information content (AvgIpc) is 2.81. The number of phenols is 1. The Labute approximate surface area is 142 Å². The molecule has 0 aromatic heterocycles. The monoisotopic (exact) mass is 331 g/mol. The quantitative estimate of drug-likeness (QED) is 0.852. The van der Waals surface area contributed by atoms with E-state index in [9.17, 15) is 9.90 Å². The first-order valence-corrected chi connectivity index (χ1v) is 8.58. The summed E-state index contributed by atoms with van der Waals surface area (Å²) in [6.07, 6.45) is 5.72. The summed E-state index contributed by atoms with van der Waals surface area (Å²) in [6.45, 7) is 7.55. The number of benzene rings is 1. The lowest BCUT2D eigenvalue weighted by molar-refractivity contribution is -0.129. The van der Waals surface area contributed by atoms with Gasteiger partial charge in [0.15, 0.2) is 11.5 Å². The lowest BCUT2D eigenvalue weighted by Crippen LogP contribution is -2.35.